The summed E-state index contributed by atoms with van der Waals surface area (Å²) in [6.07, 6.45) is 5.10. The van der Waals surface area contributed by atoms with E-state index in [1.54, 1.807) is 10.7 Å². The van der Waals surface area contributed by atoms with E-state index in [4.69, 9.17) is 0 Å². The van der Waals surface area contributed by atoms with E-state index in [0.29, 0.717) is 12.5 Å². The highest BCUT2D eigenvalue weighted by Crippen LogP contribution is 2.40. The fraction of sp³-hybridized carbons (Fsp3) is 0.429. The van der Waals surface area contributed by atoms with E-state index in [0.717, 1.165) is 18.7 Å². The number of carbonyl (C=O) groups excluding carboxylic acids is 1. The largest absolute Gasteiger partial charge is 0.342 e. The highest BCUT2D eigenvalue weighted by Gasteiger charge is 2.36. The molecule has 0 radical (unpaired) electrons. The highest BCUT2D eigenvalue weighted by atomic mass is 16.2. The molecule has 2 N–H and O–H groups in total. The SMILES string of the molecule is CCn1ncnc1C(NC(=O)c1ccc[nH]c1=O)C1CC1. The van der Waals surface area contributed by atoms with Crippen molar-refractivity contribution in [3.8, 4) is 0 Å². The van der Waals surface area contributed by atoms with Crippen LogP contribution in [0.2, 0.25) is 0 Å². The van der Waals surface area contributed by atoms with Crippen molar-refractivity contribution in [3.05, 3.63) is 46.4 Å². The Balaban J connectivity index is 1.85. The molecule has 1 aliphatic carbocycles. The molecule has 0 saturated heterocycles. The number of aryl methyl sites for hydroxylation is 1. The minimum absolute atomic E-state index is 0.116. The third kappa shape index (κ3) is 2.72. The van der Waals surface area contributed by atoms with Gasteiger partial charge in [-0.15, -0.1) is 0 Å². The standard InChI is InChI=1S/C14H17N5O2/c1-2-19-12(16-8-17-19)11(9-5-6-9)18-14(21)10-4-3-7-15-13(10)20/h3-4,7-9,11H,2,5-6H2,1H3,(H,15,20)(H,18,21). The van der Waals surface area contributed by atoms with E-state index in [2.05, 4.69) is 20.4 Å². The van der Waals surface area contributed by atoms with Gasteiger partial charge >= 0.3 is 0 Å². The molecule has 1 atom stereocenters. The lowest BCUT2D eigenvalue weighted by Crippen LogP contribution is -2.35. The smallest absolute Gasteiger partial charge is 0.260 e. The highest BCUT2D eigenvalue weighted by molar-refractivity contribution is 5.94. The fourth-order valence-electron chi connectivity index (χ4n) is 2.40. The number of nitrogens with zero attached hydrogens (tertiary/aromatic N) is 3. The summed E-state index contributed by atoms with van der Waals surface area (Å²) in [6, 6.07) is 2.96. The van der Waals surface area contributed by atoms with Gasteiger partial charge in [0.2, 0.25) is 0 Å². The maximum Gasteiger partial charge on any atom is 0.260 e. The first-order valence-electron chi connectivity index (χ1n) is 7.07. The Labute approximate surface area is 121 Å². The van der Waals surface area contributed by atoms with Gasteiger partial charge in [0.05, 0.1) is 6.04 Å². The van der Waals surface area contributed by atoms with Crippen LogP contribution in [0.5, 0.6) is 0 Å². The lowest BCUT2D eigenvalue weighted by molar-refractivity contribution is 0.0927. The topological polar surface area (TPSA) is 92.7 Å². The first kappa shape index (κ1) is 13.5. The molecular formula is C14H17N5O2. The molecule has 1 fully saturated rings. The van der Waals surface area contributed by atoms with E-state index in [1.807, 2.05) is 6.92 Å². The molecule has 7 heteroatoms. The molecule has 3 rings (SSSR count). The number of hydrogen-bond acceptors (Lipinski definition) is 4. The summed E-state index contributed by atoms with van der Waals surface area (Å²) in [4.78, 5) is 30.8. The number of aromatic nitrogens is 4. The van der Waals surface area contributed by atoms with Crippen LogP contribution in [0.1, 0.15) is 42.0 Å². The molecule has 0 aromatic carbocycles. The molecule has 0 spiro atoms. The van der Waals surface area contributed by atoms with Crippen molar-refractivity contribution in [1.29, 1.82) is 0 Å². The van der Waals surface area contributed by atoms with Gasteiger partial charge in [0.15, 0.2) is 0 Å². The van der Waals surface area contributed by atoms with E-state index >= 15 is 0 Å². The maximum absolute atomic E-state index is 12.3. The van der Waals surface area contributed by atoms with Gasteiger partial charge in [-0.2, -0.15) is 5.10 Å². The second-order valence-corrected chi connectivity index (χ2v) is 5.14. The molecule has 0 aliphatic heterocycles. The van der Waals surface area contributed by atoms with Crippen molar-refractivity contribution >= 4 is 5.91 Å². The molecule has 2 aromatic rings. The first-order valence-corrected chi connectivity index (χ1v) is 7.07. The first-order chi connectivity index (χ1) is 10.2. The summed E-state index contributed by atoms with van der Waals surface area (Å²) in [7, 11) is 0. The lowest BCUT2D eigenvalue weighted by Gasteiger charge is -2.17. The Morgan fingerprint density at radius 2 is 2.38 bits per heavy atom. The minimum Gasteiger partial charge on any atom is -0.342 e. The van der Waals surface area contributed by atoms with Crippen molar-refractivity contribution in [2.45, 2.75) is 32.4 Å². The average molecular weight is 287 g/mol. The molecule has 0 bridgehead atoms. The molecule has 110 valence electrons. The van der Waals surface area contributed by atoms with Gasteiger partial charge in [-0.05, 0) is 37.8 Å². The third-order valence-electron chi connectivity index (χ3n) is 3.67. The normalized spacial score (nSPS) is 15.7. The Morgan fingerprint density at radius 3 is 3.05 bits per heavy atom. The Bertz CT molecular complexity index is 701. The second-order valence-electron chi connectivity index (χ2n) is 5.14. The van der Waals surface area contributed by atoms with Crippen LogP contribution in [-0.2, 0) is 6.54 Å². The predicted octanol–water partition coefficient (Wildman–Crippen LogP) is 0.867. The molecule has 1 saturated carbocycles. The number of rotatable bonds is 5. The van der Waals surface area contributed by atoms with Crippen LogP contribution < -0.4 is 10.9 Å². The molecule has 1 amide bonds. The van der Waals surface area contributed by atoms with E-state index in [-0.39, 0.29) is 23.1 Å². The molecule has 2 heterocycles. The van der Waals surface area contributed by atoms with Crippen LogP contribution in [0, 0.1) is 5.92 Å². The minimum atomic E-state index is -0.387. The number of H-pyrrole nitrogens is 1. The number of nitrogens with one attached hydrogen (secondary N) is 2. The van der Waals surface area contributed by atoms with Crippen LogP contribution in [0.15, 0.2) is 29.5 Å². The molecule has 21 heavy (non-hydrogen) atoms. The Morgan fingerprint density at radius 1 is 1.57 bits per heavy atom. The van der Waals surface area contributed by atoms with Crippen molar-refractivity contribution in [1.82, 2.24) is 25.1 Å². The van der Waals surface area contributed by atoms with Crippen molar-refractivity contribution < 1.29 is 4.79 Å². The van der Waals surface area contributed by atoms with E-state index in [1.165, 1.54) is 18.6 Å². The average Bonchev–Trinajstić information content (AvgIpc) is 3.22. The molecule has 7 nitrogen and oxygen atoms in total. The van der Waals surface area contributed by atoms with Crippen LogP contribution in [-0.4, -0.2) is 25.7 Å². The van der Waals surface area contributed by atoms with Crippen LogP contribution in [0.3, 0.4) is 0 Å². The fourth-order valence-corrected chi connectivity index (χ4v) is 2.40. The quantitative estimate of drug-likeness (QED) is 0.853. The van der Waals surface area contributed by atoms with Gasteiger partial charge in [0.25, 0.3) is 11.5 Å². The number of hydrogen-bond donors (Lipinski definition) is 2. The van der Waals surface area contributed by atoms with E-state index < -0.39 is 0 Å². The van der Waals surface area contributed by atoms with Crippen LogP contribution in [0.25, 0.3) is 0 Å². The summed E-state index contributed by atoms with van der Waals surface area (Å²) < 4.78 is 1.78. The summed E-state index contributed by atoms with van der Waals surface area (Å²) in [5.74, 6) is 0.742. The van der Waals surface area contributed by atoms with Crippen LogP contribution in [0.4, 0.5) is 0 Å². The maximum atomic E-state index is 12.3. The third-order valence-corrected chi connectivity index (χ3v) is 3.67. The number of carbonyl (C=O) groups is 1. The lowest BCUT2D eigenvalue weighted by atomic mass is 10.1. The second kappa shape index (κ2) is 5.51. The molecule has 1 aliphatic rings. The van der Waals surface area contributed by atoms with Gasteiger partial charge in [0.1, 0.15) is 17.7 Å². The Kier molecular flexibility index (Phi) is 3.55. The summed E-state index contributed by atoms with van der Waals surface area (Å²) in [5, 5.41) is 7.08. The van der Waals surface area contributed by atoms with Crippen molar-refractivity contribution in [2.75, 3.05) is 0 Å². The van der Waals surface area contributed by atoms with Crippen molar-refractivity contribution in [2.24, 2.45) is 5.92 Å². The van der Waals surface area contributed by atoms with Gasteiger partial charge in [0, 0.05) is 12.7 Å². The summed E-state index contributed by atoms with van der Waals surface area (Å²) >= 11 is 0. The van der Waals surface area contributed by atoms with Crippen LogP contribution >= 0.6 is 0 Å². The van der Waals surface area contributed by atoms with E-state index in [9.17, 15) is 9.59 Å². The number of amides is 1. The summed E-state index contributed by atoms with van der Waals surface area (Å²) in [6.45, 7) is 2.67. The molecule has 2 aromatic heterocycles. The predicted molar refractivity (Wildman–Crippen MR) is 75.7 cm³/mol. The monoisotopic (exact) mass is 287 g/mol. The van der Waals surface area contributed by atoms with Gasteiger partial charge in [-0.3, -0.25) is 9.59 Å². The number of aromatic amines is 1. The summed E-state index contributed by atoms with van der Waals surface area (Å²) in [5.41, 5.74) is -0.271. The van der Waals surface area contributed by atoms with Gasteiger partial charge in [-0.25, -0.2) is 9.67 Å². The number of pyridine rings is 1. The van der Waals surface area contributed by atoms with Gasteiger partial charge < -0.3 is 10.3 Å². The Hall–Kier alpha value is -2.44. The molecule has 1 unspecified atom stereocenters. The zero-order valence-corrected chi connectivity index (χ0v) is 11.7. The van der Waals surface area contributed by atoms with Gasteiger partial charge in [-0.1, -0.05) is 0 Å². The zero-order valence-electron chi connectivity index (χ0n) is 11.7. The zero-order chi connectivity index (χ0) is 14.8. The molecular weight excluding hydrogens is 270 g/mol. The van der Waals surface area contributed by atoms with Crippen molar-refractivity contribution in [3.63, 3.8) is 0 Å².